The van der Waals surface area contributed by atoms with E-state index in [0.29, 0.717) is 0 Å². The molecule has 0 atom stereocenters. The number of aliphatic hydroxyl groups is 1. The Morgan fingerprint density at radius 1 is 1.12 bits per heavy atom. The molecule has 0 saturated carbocycles. The van der Waals surface area contributed by atoms with Crippen LogP contribution in [0, 0.1) is 0 Å². The van der Waals surface area contributed by atoms with Gasteiger partial charge < -0.3 is 37.2 Å². The summed E-state index contributed by atoms with van der Waals surface area (Å²) in [6, 6.07) is 3.42. The van der Waals surface area contributed by atoms with Crippen LogP contribution < -0.4 is 22.5 Å². The second kappa shape index (κ2) is 7.34. The molecule has 1 aromatic carbocycles. The Kier molecular flexibility index (Phi) is 7.52. The number of benzene rings is 1. The lowest BCUT2D eigenvalue weighted by Crippen LogP contribution is -2.26. The lowest BCUT2D eigenvalue weighted by atomic mass is 10.0. The van der Waals surface area contributed by atoms with Crippen molar-refractivity contribution in [2.24, 2.45) is 0 Å². The maximum Gasteiger partial charge on any atom is 0.0718 e. The van der Waals surface area contributed by atoms with Crippen molar-refractivity contribution in [1.29, 1.82) is 0 Å². The van der Waals surface area contributed by atoms with Crippen LogP contribution >= 0.6 is 0 Å². The minimum absolute atomic E-state index is 0. The van der Waals surface area contributed by atoms with Gasteiger partial charge >= 0.3 is 0 Å². The largest absolute Gasteiger partial charge is 0.545 e. The first-order valence-corrected chi connectivity index (χ1v) is 4.22. The fourth-order valence-corrected chi connectivity index (χ4v) is 1.25. The third-order valence-electron chi connectivity index (χ3n) is 1.94. The number of hydrogen-bond donors (Lipinski definition) is 3. The zero-order valence-corrected chi connectivity index (χ0v) is 9.73. The van der Waals surface area contributed by atoms with E-state index in [1.807, 2.05) is 0 Å². The molecule has 0 amide bonds. The zero-order valence-electron chi connectivity index (χ0n) is 9.73. The van der Waals surface area contributed by atoms with Gasteiger partial charge in [0.15, 0.2) is 0 Å². The molecule has 0 saturated heterocycles. The van der Waals surface area contributed by atoms with Crippen molar-refractivity contribution >= 4 is 11.9 Å². The van der Waals surface area contributed by atoms with E-state index in [2.05, 4.69) is 0 Å². The average Bonchev–Trinajstić information content (AvgIpc) is 2.17. The van der Waals surface area contributed by atoms with Crippen molar-refractivity contribution in [3.63, 3.8) is 0 Å². The van der Waals surface area contributed by atoms with Crippen LogP contribution in [0.15, 0.2) is 18.2 Å². The molecule has 1 rings (SSSR count). The van der Waals surface area contributed by atoms with E-state index in [1.54, 1.807) is 0 Å². The maximum atomic E-state index is 10.6. The predicted octanol–water partition coefficient (Wildman–Crippen LogP) is -1.30. The summed E-state index contributed by atoms with van der Waals surface area (Å²) in [5.41, 5.74) is -0.0169. The van der Waals surface area contributed by atoms with Crippen LogP contribution in [0.3, 0.4) is 0 Å². The molecule has 7 nitrogen and oxygen atoms in total. The molecule has 96 valence electrons. The van der Waals surface area contributed by atoms with Gasteiger partial charge in [-0.1, -0.05) is 12.1 Å². The Morgan fingerprint density at radius 3 is 2.12 bits per heavy atom. The van der Waals surface area contributed by atoms with Crippen LogP contribution in [-0.2, 0) is 6.42 Å². The van der Waals surface area contributed by atoms with Crippen LogP contribution in [-0.4, -0.2) is 23.7 Å². The van der Waals surface area contributed by atoms with E-state index >= 15 is 0 Å². The van der Waals surface area contributed by atoms with Crippen molar-refractivity contribution in [3.05, 3.63) is 34.9 Å². The molecule has 0 heterocycles. The van der Waals surface area contributed by atoms with Gasteiger partial charge in [0, 0.05) is 12.2 Å². The Balaban J connectivity index is 0. The zero-order chi connectivity index (χ0) is 11.4. The van der Waals surface area contributed by atoms with E-state index in [0.717, 1.165) is 18.2 Å². The molecule has 1 aromatic rings. The second-order valence-corrected chi connectivity index (χ2v) is 2.92. The quantitative estimate of drug-likeness (QED) is 0.595. The number of carboxylic acids is 2. The Hall–Kier alpha value is -1.96. The topological polar surface area (TPSA) is 173 Å². The molecule has 0 spiro atoms. The number of carboxylic acid groups (broad SMARTS) is 2. The minimum atomic E-state index is -1.40. The first-order valence-electron chi connectivity index (χ1n) is 4.22. The molecular weight excluding hydrogens is 228 g/mol. The second-order valence-electron chi connectivity index (χ2n) is 2.92. The van der Waals surface area contributed by atoms with Gasteiger partial charge in [-0.05, 0) is 23.6 Å². The molecule has 0 unspecified atom stereocenters. The normalized spacial score (nSPS) is 8.76. The molecule has 0 radical (unpaired) electrons. The Bertz CT molecular complexity index is 406. The highest BCUT2D eigenvalue weighted by molar-refractivity contribution is 5.91. The standard InChI is InChI=1S/C10H10O5.2H3N/c11-4-3-6-5-7(9(12)13)1-2-8(6)10(14)15;;/h1-2,5,11H,3-4H2,(H,12,13)(H,14,15);2*1H3. The summed E-state index contributed by atoms with van der Waals surface area (Å²) in [7, 11) is 0. The molecule has 0 bridgehead atoms. The number of carbonyl (C=O) groups excluding carboxylic acids is 2. The molecule has 7 heteroatoms. The number of carbonyl (C=O) groups is 2. The van der Waals surface area contributed by atoms with Crippen LogP contribution in [0.4, 0.5) is 0 Å². The summed E-state index contributed by atoms with van der Waals surface area (Å²) >= 11 is 0. The molecule has 0 fully saturated rings. The first-order chi connectivity index (χ1) is 7.06. The summed E-state index contributed by atoms with van der Waals surface area (Å²) in [5.74, 6) is -2.79. The maximum absolute atomic E-state index is 10.6. The fourth-order valence-electron chi connectivity index (χ4n) is 1.25. The van der Waals surface area contributed by atoms with Gasteiger partial charge in [0.2, 0.25) is 0 Å². The summed E-state index contributed by atoms with van der Waals surface area (Å²) in [4.78, 5) is 21.1. The van der Waals surface area contributed by atoms with Crippen molar-refractivity contribution in [2.75, 3.05) is 6.61 Å². The average molecular weight is 244 g/mol. The summed E-state index contributed by atoms with van der Waals surface area (Å²) in [6.45, 7) is -0.267. The molecule has 0 aliphatic carbocycles. The van der Waals surface area contributed by atoms with Gasteiger partial charge in [-0.15, -0.1) is 0 Å². The van der Waals surface area contributed by atoms with E-state index in [4.69, 9.17) is 5.11 Å². The summed E-state index contributed by atoms with van der Waals surface area (Å²) < 4.78 is 0. The van der Waals surface area contributed by atoms with Crippen molar-refractivity contribution in [2.45, 2.75) is 6.42 Å². The number of aromatic carboxylic acids is 2. The highest BCUT2D eigenvalue weighted by Gasteiger charge is 2.05. The summed E-state index contributed by atoms with van der Waals surface area (Å²) in [5, 5.41) is 29.8. The van der Waals surface area contributed by atoms with E-state index in [-0.39, 0.29) is 42.0 Å². The lowest BCUT2D eigenvalue weighted by Gasteiger charge is -2.12. The summed E-state index contributed by atoms with van der Waals surface area (Å²) in [6.07, 6.45) is 0.0600. The van der Waals surface area contributed by atoms with Crippen LogP contribution in [0.2, 0.25) is 0 Å². The van der Waals surface area contributed by atoms with Gasteiger partial charge in [-0.3, -0.25) is 0 Å². The molecule has 0 aliphatic rings. The van der Waals surface area contributed by atoms with Crippen LogP contribution in [0.25, 0.3) is 0 Å². The van der Waals surface area contributed by atoms with Crippen molar-refractivity contribution in [1.82, 2.24) is 12.3 Å². The molecule has 17 heavy (non-hydrogen) atoms. The third-order valence-corrected chi connectivity index (χ3v) is 1.94. The van der Waals surface area contributed by atoms with Crippen LogP contribution in [0.5, 0.6) is 0 Å². The number of rotatable bonds is 4. The van der Waals surface area contributed by atoms with Gasteiger partial charge in [0.25, 0.3) is 0 Å². The Labute approximate surface area is 97.9 Å². The van der Waals surface area contributed by atoms with Gasteiger partial charge in [0.1, 0.15) is 0 Å². The molecule has 9 N–H and O–H groups in total. The fraction of sp³-hybridized carbons (Fsp3) is 0.200. The van der Waals surface area contributed by atoms with Crippen LogP contribution in [0.1, 0.15) is 26.3 Å². The minimum Gasteiger partial charge on any atom is -0.545 e. The van der Waals surface area contributed by atoms with Gasteiger partial charge in [-0.2, -0.15) is 0 Å². The highest BCUT2D eigenvalue weighted by atomic mass is 16.4. The van der Waals surface area contributed by atoms with E-state index in [1.165, 1.54) is 0 Å². The first kappa shape index (κ1) is 17.4. The lowest BCUT2D eigenvalue weighted by molar-refractivity contribution is -0.256. The van der Waals surface area contributed by atoms with Gasteiger partial charge in [0.05, 0.1) is 11.9 Å². The molecular formula is C10H16N2O5. The number of quaternary nitrogens is 2. The van der Waals surface area contributed by atoms with Crippen molar-refractivity contribution in [3.8, 4) is 0 Å². The third kappa shape index (κ3) is 4.19. The molecule has 0 aliphatic heterocycles. The SMILES string of the molecule is O=C([O-])c1ccc(C(=O)[O-])c(CCO)c1.[NH4+].[NH4+]. The molecule has 0 aromatic heterocycles. The van der Waals surface area contributed by atoms with Gasteiger partial charge in [-0.25, -0.2) is 0 Å². The highest BCUT2D eigenvalue weighted by Crippen LogP contribution is 2.12. The predicted molar refractivity (Wildman–Crippen MR) is 57.9 cm³/mol. The smallest absolute Gasteiger partial charge is 0.0718 e. The van der Waals surface area contributed by atoms with E-state index in [9.17, 15) is 19.8 Å². The Morgan fingerprint density at radius 2 is 1.71 bits per heavy atom. The van der Waals surface area contributed by atoms with Crippen molar-refractivity contribution < 1.29 is 24.9 Å². The number of aliphatic hydroxyl groups excluding tert-OH is 1. The number of hydrogen-bond acceptors (Lipinski definition) is 5. The monoisotopic (exact) mass is 244 g/mol. The van der Waals surface area contributed by atoms with E-state index < -0.39 is 11.9 Å².